The number of para-hydroxylation sites is 6. The van der Waals surface area contributed by atoms with Crippen molar-refractivity contribution in [3.8, 4) is 33.9 Å². The molecule has 0 bridgehead atoms. The maximum atomic E-state index is 5.75. The van der Waals surface area contributed by atoms with Crippen molar-refractivity contribution >= 4 is 111 Å². The van der Waals surface area contributed by atoms with Gasteiger partial charge in [0.25, 0.3) is 0 Å². The van der Waals surface area contributed by atoms with E-state index in [4.69, 9.17) is 29.9 Å². The minimum atomic E-state index is 0.585. The van der Waals surface area contributed by atoms with E-state index in [-0.39, 0.29) is 0 Å². The second-order valence-corrected chi connectivity index (χ2v) is 20.4. The van der Waals surface area contributed by atoms with Gasteiger partial charge in [0.1, 0.15) is 33.1 Å². The molecule has 16 rings (SSSR count). The van der Waals surface area contributed by atoms with Gasteiger partial charge in [-0.2, -0.15) is 0 Å². The molecular weight excluding hydrogens is 1000 g/mol. The van der Waals surface area contributed by atoms with Gasteiger partial charge in [-0.1, -0.05) is 146 Å². The molecule has 10 heteroatoms. The molecule has 0 aliphatic heterocycles. The monoisotopic (exact) mass is 1050 g/mol. The Kier molecular flexibility index (Phi) is 11.0. The second kappa shape index (κ2) is 19.2. The van der Waals surface area contributed by atoms with Gasteiger partial charge in [-0.25, -0.2) is 9.97 Å². The van der Waals surface area contributed by atoms with Gasteiger partial charge in [0.2, 0.25) is 0 Å². The van der Waals surface area contributed by atoms with Crippen LogP contribution in [0, 0.1) is 0 Å². The number of rotatable bonds is 10. The highest BCUT2D eigenvalue weighted by atomic mass is 15.2. The lowest BCUT2D eigenvalue weighted by atomic mass is 10.0. The van der Waals surface area contributed by atoms with Crippen LogP contribution < -0.4 is 9.80 Å². The number of nitrogens with zero attached hydrogens (tertiary/aromatic N) is 10. The summed E-state index contributed by atoms with van der Waals surface area (Å²) < 4.78 is 4.54. The Balaban J connectivity index is 0.882. The van der Waals surface area contributed by atoms with E-state index in [1.807, 2.05) is 0 Å². The topological polar surface area (TPSA) is 93.7 Å². The number of fused-ring (bicyclic) bond motifs is 12. The van der Waals surface area contributed by atoms with Crippen molar-refractivity contribution in [2.75, 3.05) is 9.80 Å². The average molecular weight is 1050 g/mol. The zero-order valence-corrected chi connectivity index (χ0v) is 44.0. The van der Waals surface area contributed by atoms with Crippen molar-refractivity contribution in [1.29, 1.82) is 0 Å². The predicted molar refractivity (Wildman–Crippen MR) is 335 cm³/mol. The summed E-state index contributed by atoms with van der Waals surface area (Å²) >= 11 is 0. The highest BCUT2D eigenvalue weighted by Gasteiger charge is 2.26. The van der Waals surface area contributed by atoms with Crippen LogP contribution in [0.25, 0.3) is 111 Å². The summed E-state index contributed by atoms with van der Waals surface area (Å²) in [6.07, 6.45) is 6.79. The van der Waals surface area contributed by atoms with Crippen LogP contribution in [0.1, 0.15) is 0 Å². The predicted octanol–water partition coefficient (Wildman–Crippen LogP) is 18.0. The Labute approximate surface area is 470 Å². The maximum absolute atomic E-state index is 5.75. The van der Waals surface area contributed by atoms with Gasteiger partial charge in [-0.3, -0.25) is 29.1 Å². The first-order valence-electron chi connectivity index (χ1n) is 27.3. The van der Waals surface area contributed by atoms with Crippen molar-refractivity contribution in [1.82, 2.24) is 39.0 Å². The maximum Gasteiger partial charge on any atom is 0.182 e. The third kappa shape index (κ3) is 7.65. The van der Waals surface area contributed by atoms with Gasteiger partial charge in [0, 0.05) is 80.5 Å². The summed E-state index contributed by atoms with van der Waals surface area (Å²) in [6.45, 7) is 0. The molecule has 0 saturated carbocycles. The lowest BCUT2D eigenvalue weighted by Crippen LogP contribution is -2.10. The molecule has 384 valence electrons. The average Bonchev–Trinajstić information content (AvgIpc) is 4.05. The zero-order valence-electron chi connectivity index (χ0n) is 44.0. The van der Waals surface area contributed by atoms with Crippen LogP contribution in [0.2, 0.25) is 0 Å². The van der Waals surface area contributed by atoms with Crippen LogP contribution in [0.4, 0.5) is 34.1 Å². The fraction of sp³-hybridized carbons (Fsp3) is 0. The minimum absolute atomic E-state index is 0.585. The Morgan fingerprint density at radius 3 is 0.866 bits per heavy atom. The van der Waals surface area contributed by atoms with Gasteiger partial charge in [-0.15, -0.1) is 0 Å². The number of benzene rings is 11. The first-order valence-corrected chi connectivity index (χ1v) is 27.3. The molecule has 0 aliphatic carbocycles. The lowest BCUT2D eigenvalue weighted by Gasteiger charge is -2.25. The smallest absolute Gasteiger partial charge is 0.182 e. The molecule has 0 saturated heterocycles. The van der Waals surface area contributed by atoms with Gasteiger partial charge >= 0.3 is 0 Å². The summed E-state index contributed by atoms with van der Waals surface area (Å²) in [4.78, 5) is 35.6. The van der Waals surface area contributed by atoms with Gasteiger partial charge < -0.3 is 9.80 Å². The van der Waals surface area contributed by atoms with Crippen LogP contribution in [0.3, 0.4) is 0 Å². The van der Waals surface area contributed by atoms with Crippen molar-refractivity contribution in [2.45, 2.75) is 0 Å². The van der Waals surface area contributed by atoms with Crippen LogP contribution in [-0.4, -0.2) is 39.0 Å². The van der Waals surface area contributed by atoms with Crippen molar-refractivity contribution in [2.24, 2.45) is 0 Å². The molecule has 0 atom stereocenters. The summed E-state index contributed by atoms with van der Waals surface area (Å²) in [5, 5.41) is 4.35. The van der Waals surface area contributed by atoms with Crippen LogP contribution in [0.15, 0.2) is 280 Å². The van der Waals surface area contributed by atoms with Gasteiger partial charge in [0.15, 0.2) is 11.6 Å². The second-order valence-electron chi connectivity index (χ2n) is 20.4. The SMILES string of the molecule is c1ccc(N(c2ccccc2)c2ccc(-c3ccc4c(c3)c3ccccc3n4-c3nc4c5nccnc5c5nccnc5c4nc3-n3c4ccccc4c4cc(-c5ccc(N(c6ccccc6)c6ccccc6)cc5)ccc43)cc2)cc1. The molecule has 5 heterocycles. The Bertz CT molecular complexity index is 4690. The quantitative estimate of drug-likeness (QED) is 0.125. The molecule has 0 N–H and O–H groups in total. The fourth-order valence-electron chi connectivity index (χ4n) is 12.0. The van der Waals surface area contributed by atoms with Crippen molar-refractivity contribution in [3.63, 3.8) is 0 Å². The lowest BCUT2D eigenvalue weighted by molar-refractivity contribution is 0.997. The summed E-state index contributed by atoms with van der Waals surface area (Å²) in [5.41, 5.74) is 18.5. The molecule has 0 radical (unpaired) electrons. The van der Waals surface area contributed by atoms with E-state index in [0.717, 1.165) is 100.0 Å². The Morgan fingerprint density at radius 2 is 0.512 bits per heavy atom. The normalized spacial score (nSPS) is 11.7. The molecule has 0 amide bonds. The number of anilines is 6. The molecule has 82 heavy (non-hydrogen) atoms. The highest BCUT2D eigenvalue weighted by molar-refractivity contribution is 6.19. The highest BCUT2D eigenvalue weighted by Crippen LogP contribution is 2.43. The van der Waals surface area contributed by atoms with Crippen molar-refractivity contribution in [3.05, 3.63) is 280 Å². The van der Waals surface area contributed by atoms with E-state index < -0.39 is 0 Å². The fourth-order valence-corrected chi connectivity index (χ4v) is 12.0. The van der Waals surface area contributed by atoms with E-state index in [1.54, 1.807) is 24.8 Å². The molecule has 11 aromatic carbocycles. The van der Waals surface area contributed by atoms with Crippen LogP contribution in [-0.2, 0) is 0 Å². The van der Waals surface area contributed by atoms with E-state index >= 15 is 0 Å². The zero-order chi connectivity index (χ0) is 54.1. The Morgan fingerprint density at radius 1 is 0.232 bits per heavy atom. The van der Waals surface area contributed by atoms with Gasteiger partial charge in [0.05, 0.1) is 22.1 Å². The van der Waals surface area contributed by atoms with Crippen LogP contribution >= 0.6 is 0 Å². The molecule has 5 aromatic heterocycles. The molecule has 16 aromatic rings. The third-order valence-electron chi connectivity index (χ3n) is 15.7. The van der Waals surface area contributed by atoms with E-state index in [9.17, 15) is 0 Å². The number of hydrogen-bond acceptors (Lipinski definition) is 8. The molecule has 0 unspecified atom stereocenters. The Hall–Kier alpha value is -11.4. The molecule has 0 spiro atoms. The van der Waals surface area contributed by atoms with Crippen LogP contribution in [0.5, 0.6) is 0 Å². The summed E-state index contributed by atoms with van der Waals surface area (Å²) in [7, 11) is 0. The summed E-state index contributed by atoms with van der Waals surface area (Å²) in [5.74, 6) is 1.27. The third-order valence-corrected chi connectivity index (χ3v) is 15.7. The molecule has 0 fully saturated rings. The van der Waals surface area contributed by atoms with Crippen molar-refractivity contribution < 1.29 is 0 Å². The van der Waals surface area contributed by atoms with E-state index in [1.165, 1.54) is 0 Å². The summed E-state index contributed by atoms with van der Waals surface area (Å²) in [6, 6.07) is 90.4. The van der Waals surface area contributed by atoms with Gasteiger partial charge in [-0.05, 0) is 131 Å². The largest absolute Gasteiger partial charge is 0.311 e. The first-order chi connectivity index (χ1) is 40.7. The molecule has 0 aliphatic rings. The van der Waals surface area contributed by atoms with E-state index in [2.05, 4.69) is 274 Å². The number of hydrogen-bond donors (Lipinski definition) is 0. The standard InChI is InChI=1S/C72H46N10/c1-5-17-51(18-6-1)79(52-19-7-2-8-20-52)55-35-29-47(30-36-55)49-33-39-63-59(45-49)57-25-13-15-27-61(57)81(63)71-72(78-70-68-66(74-42-44-76-68)65-67(69(70)77-71)75-43-41-73-65)82-62-28-16-14-26-58(62)60-46-50(34-40-64(60)82)48-31-37-56(38-32-48)80(53-21-9-3-10-22-53)54-23-11-4-12-24-54/h1-46H. The first kappa shape index (κ1) is 46.7. The van der Waals surface area contributed by atoms with E-state index in [0.29, 0.717) is 44.7 Å². The minimum Gasteiger partial charge on any atom is -0.311 e. The molecule has 10 nitrogen and oxygen atoms in total. The number of aromatic nitrogens is 8. The molecular formula is C72H46N10.